The quantitative estimate of drug-likeness (QED) is 0.613. The highest BCUT2D eigenvalue weighted by atomic mass is 16.6. The van der Waals surface area contributed by atoms with E-state index in [0.29, 0.717) is 12.3 Å². The van der Waals surface area contributed by atoms with E-state index in [0.717, 1.165) is 25.7 Å². The van der Waals surface area contributed by atoms with Crippen LogP contribution in [0.5, 0.6) is 5.75 Å². The van der Waals surface area contributed by atoms with Crippen LogP contribution in [0.2, 0.25) is 0 Å². The second-order valence-corrected chi connectivity index (χ2v) is 7.18. The first-order chi connectivity index (χ1) is 12.9. The molecule has 1 N–H and O–H groups in total. The molecule has 0 heterocycles. The highest BCUT2D eigenvalue weighted by molar-refractivity contribution is 5.98. The number of aryl methyl sites for hydroxylation is 1. The van der Waals surface area contributed by atoms with Crippen LogP contribution >= 0.6 is 0 Å². The van der Waals surface area contributed by atoms with Crippen LogP contribution in [-0.2, 0) is 5.41 Å². The van der Waals surface area contributed by atoms with Crippen molar-refractivity contribution in [3.63, 3.8) is 0 Å². The number of hydrogen-bond acceptors (Lipinski definition) is 4. The normalized spacial score (nSPS) is 15.3. The molecule has 1 fully saturated rings. The van der Waals surface area contributed by atoms with Crippen LogP contribution in [0.3, 0.4) is 0 Å². The lowest BCUT2D eigenvalue weighted by molar-refractivity contribution is -0.385. The summed E-state index contributed by atoms with van der Waals surface area (Å²) in [6.45, 7) is 2.52. The van der Waals surface area contributed by atoms with Crippen molar-refractivity contribution >= 4 is 11.6 Å². The molecule has 0 bridgehead atoms. The number of carbonyl (C=O) groups is 1. The van der Waals surface area contributed by atoms with Gasteiger partial charge >= 0.3 is 0 Å². The van der Waals surface area contributed by atoms with Crippen molar-refractivity contribution in [1.29, 1.82) is 0 Å². The fraction of sp³-hybridized carbons (Fsp3) is 0.381. The molecule has 0 spiro atoms. The van der Waals surface area contributed by atoms with E-state index in [1.54, 1.807) is 0 Å². The summed E-state index contributed by atoms with van der Waals surface area (Å²) in [5.74, 6) is -0.0282. The van der Waals surface area contributed by atoms with E-state index in [1.165, 1.54) is 36.4 Å². The number of hydrogen-bond donors (Lipinski definition) is 1. The van der Waals surface area contributed by atoms with Gasteiger partial charge in [0, 0.05) is 18.0 Å². The predicted octanol–water partition coefficient (Wildman–Crippen LogP) is 4.15. The van der Waals surface area contributed by atoms with Gasteiger partial charge in [0.05, 0.1) is 12.0 Å². The van der Waals surface area contributed by atoms with Gasteiger partial charge in [0.15, 0.2) is 0 Å². The number of amides is 1. The van der Waals surface area contributed by atoms with Crippen LogP contribution in [0.4, 0.5) is 5.69 Å². The maximum atomic E-state index is 12.8. The van der Waals surface area contributed by atoms with E-state index in [-0.39, 0.29) is 16.7 Å². The minimum absolute atomic E-state index is 0.0248. The van der Waals surface area contributed by atoms with Crippen molar-refractivity contribution in [2.24, 2.45) is 0 Å². The molecule has 0 saturated heterocycles. The number of rotatable bonds is 6. The molecule has 0 atom stereocenters. The summed E-state index contributed by atoms with van der Waals surface area (Å²) in [6, 6.07) is 12.6. The lowest BCUT2D eigenvalue weighted by atomic mass is 9.78. The topological polar surface area (TPSA) is 81.5 Å². The molecule has 142 valence electrons. The zero-order valence-electron chi connectivity index (χ0n) is 15.7. The van der Waals surface area contributed by atoms with Crippen molar-refractivity contribution < 1.29 is 14.5 Å². The molecule has 1 saturated carbocycles. The van der Waals surface area contributed by atoms with Crippen LogP contribution in [0.1, 0.15) is 47.2 Å². The Morgan fingerprint density at radius 2 is 1.96 bits per heavy atom. The first-order valence-electron chi connectivity index (χ1n) is 9.13. The lowest BCUT2D eigenvalue weighted by Crippen LogP contribution is -2.39. The van der Waals surface area contributed by atoms with E-state index < -0.39 is 10.8 Å². The Labute approximate surface area is 158 Å². The Kier molecular flexibility index (Phi) is 5.44. The first-order valence-corrected chi connectivity index (χ1v) is 9.13. The molecule has 6 heteroatoms. The number of nitro benzene ring substituents is 1. The molecule has 0 unspecified atom stereocenters. The summed E-state index contributed by atoms with van der Waals surface area (Å²) in [7, 11) is 1.47. The molecule has 2 aromatic carbocycles. The molecule has 0 aromatic heterocycles. The van der Waals surface area contributed by atoms with Gasteiger partial charge in [0.1, 0.15) is 11.3 Å². The van der Waals surface area contributed by atoms with Crippen molar-refractivity contribution in [1.82, 2.24) is 5.32 Å². The number of nitrogens with one attached hydrogen (secondary N) is 1. The van der Waals surface area contributed by atoms with E-state index in [4.69, 9.17) is 4.74 Å². The zero-order chi connectivity index (χ0) is 19.4. The van der Waals surface area contributed by atoms with Crippen LogP contribution in [0.25, 0.3) is 0 Å². The summed E-state index contributed by atoms with van der Waals surface area (Å²) in [5, 5.41) is 14.2. The van der Waals surface area contributed by atoms with Gasteiger partial charge in [-0.05, 0) is 37.5 Å². The van der Waals surface area contributed by atoms with Crippen molar-refractivity contribution in [3.05, 3.63) is 69.3 Å². The SMILES string of the molecule is COc1ccc([N+](=O)[O-])c(C(=O)NCC2(c3cccc(C)c3)CCCC2)c1. The highest BCUT2D eigenvalue weighted by Gasteiger charge is 2.36. The smallest absolute Gasteiger partial charge is 0.282 e. The molecular weight excluding hydrogens is 344 g/mol. The summed E-state index contributed by atoms with van der Waals surface area (Å²) in [4.78, 5) is 23.5. The highest BCUT2D eigenvalue weighted by Crippen LogP contribution is 2.41. The Morgan fingerprint density at radius 1 is 1.22 bits per heavy atom. The Hall–Kier alpha value is -2.89. The monoisotopic (exact) mass is 368 g/mol. The van der Waals surface area contributed by atoms with E-state index in [1.807, 2.05) is 6.07 Å². The maximum Gasteiger partial charge on any atom is 0.282 e. The van der Waals surface area contributed by atoms with Gasteiger partial charge in [0.25, 0.3) is 11.6 Å². The number of nitrogens with zero attached hydrogens (tertiary/aromatic N) is 1. The average Bonchev–Trinajstić information content (AvgIpc) is 3.15. The van der Waals surface area contributed by atoms with Crippen molar-refractivity contribution in [3.8, 4) is 5.75 Å². The van der Waals surface area contributed by atoms with Gasteiger partial charge in [-0.15, -0.1) is 0 Å². The van der Waals surface area contributed by atoms with E-state index in [9.17, 15) is 14.9 Å². The van der Waals surface area contributed by atoms with Gasteiger partial charge in [-0.1, -0.05) is 42.7 Å². The number of benzene rings is 2. The molecule has 3 rings (SSSR count). The van der Waals surface area contributed by atoms with E-state index in [2.05, 4.69) is 30.4 Å². The zero-order valence-corrected chi connectivity index (χ0v) is 15.7. The molecule has 1 amide bonds. The third kappa shape index (κ3) is 3.94. The molecule has 0 aliphatic heterocycles. The van der Waals surface area contributed by atoms with Crippen LogP contribution in [0, 0.1) is 17.0 Å². The Balaban J connectivity index is 1.84. The summed E-state index contributed by atoms with van der Waals surface area (Å²) in [5.41, 5.74) is 2.10. The van der Waals surface area contributed by atoms with Gasteiger partial charge in [0.2, 0.25) is 0 Å². The molecule has 6 nitrogen and oxygen atoms in total. The minimum atomic E-state index is -0.541. The second kappa shape index (κ2) is 7.78. The Bertz CT molecular complexity index is 857. The van der Waals surface area contributed by atoms with Crippen molar-refractivity contribution in [2.45, 2.75) is 38.0 Å². The van der Waals surface area contributed by atoms with Crippen molar-refractivity contribution in [2.75, 3.05) is 13.7 Å². The molecule has 27 heavy (non-hydrogen) atoms. The predicted molar refractivity (Wildman–Crippen MR) is 103 cm³/mol. The average molecular weight is 368 g/mol. The first kappa shape index (κ1) is 18.9. The fourth-order valence-corrected chi connectivity index (χ4v) is 3.92. The van der Waals surface area contributed by atoms with Crippen LogP contribution in [-0.4, -0.2) is 24.5 Å². The summed E-state index contributed by atoms with van der Waals surface area (Å²) < 4.78 is 5.12. The van der Waals surface area contributed by atoms with Gasteiger partial charge < -0.3 is 10.1 Å². The van der Waals surface area contributed by atoms with Gasteiger partial charge in [-0.25, -0.2) is 0 Å². The largest absolute Gasteiger partial charge is 0.497 e. The van der Waals surface area contributed by atoms with Crippen LogP contribution in [0.15, 0.2) is 42.5 Å². The van der Waals surface area contributed by atoms with Gasteiger partial charge in [-0.3, -0.25) is 14.9 Å². The second-order valence-electron chi connectivity index (χ2n) is 7.18. The molecule has 1 aliphatic carbocycles. The summed E-state index contributed by atoms with van der Waals surface area (Å²) >= 11 is 0. The standard InChI is InChI=1S/C21H24N2O4/c1-15-6-5-7-16(12-15)21(10-3-4-11-21)14-22-20(24)18-13-17(27-2)8-9-19(18)23(25)26/h5-9,12-13H,3-4,10-11,14H2,1-2H3,(H,22,24). The van der Waals surface area contributed by atoms with Crippen LogP contribution < -0.4 is 10.1 Å². The molecular formula is C21H24N2O4. The number of carbonyl (C=O) groups excluding carboxylic acids is 1. The van der Waals surface area contributed by atoms with Gasteiger partial charge in [-0.2, -0.15) is 0 Å². The fourth-order valence-electron chi connectivity index (χ4n) is 3.92. The molecule has 2 aromatic rings. The third-order valence-corrected chi connectivity index (χ3v) is 5.42. The molecule has 0 radical (unpaired) electrons. The number of methoxy groups -OCH3 is 1. The number of nitro groups is 1. The maximum absolute atomic E-state index is 12.8. The Morgan fingerprint density at radius 3 is 2.59 bits per heavy atom. The van der Waals surface area contributed by atoms with E-state index >= 15 is 0 Å². The third-order valence-electron chi connectivity index (χ3n) is 5.42. The molecule has 1 aliphatic rings. The minimum Gasteiger partial charge on any atom is -0.497 e. The summed E-state index contributed by atoms with van der Waals surface area (Å²) in [6.07, 6.45) is 4.22. The number of ether oxygens (including phenoxy) is 1. The lowest BCUT2D eigenvalue weighted by Gasteiger charge is -2.30.